The van der Waals surface area contributed by atoms with E-state index in [1.54, 1.807) is 30.3 Å². The fourth-order valence-corrected chi connectivity index (χ4v) is 3.66. The van der Waals surface area contributed by atoms with E-state index in [-0.39, 0.29) is 19.8 Å². The van der Waals surface area contributed by atoms with Crippen LogP contribution in [0.5, 0.6) is 0 Å². The molecule has 0 aliphatic carbocycles. The second-order valence-corrected chi connectivity index (χ2v) is 7.97. The zero-order chi connectivity index (χ0) is 21.1. The van der Waals surface area contributed by atoms with Gasteiger partial charge in [0.05, 0.1) is 26.4 Å². The summed E-state index contributed by atoms with van der Waals surface area (Å²) in [6.07, 6.45) is -5.07. The first kappa shape index (κ1) is 22.4. The van der Waals surface area contributed by atoms with Gasteiger partial charge in [-0.3, -0.25) is 4.18 Å². The summed E-state index contributed by atoms with van der Waals surface area (Å²) >= 11 is 0. The molecule has 12 heteroatoms. The minimum atomic E-state index is -5.84. The number of fused-ring (bicyclic) bond motifs is 1. The number of methoxy groups -OCH3 is 1. The molecule has 2 aliphatic heterocycles. The topological polar surface area (TPSA) is 89.5 Å². The summed E-state index contributed by atoms with van der Waals surface area (Å²) in [4.78, 5) is 0. The van der Waals surface area contributed by atoms with E-state index in [4.69, 9.17) is 23.7 Å². The molecule has 0 bridgehead atoms. The van der Waals surface area contributed by atoms with Crippen molar-refractivity contribution in [3.05, 3.63) is 35.9 Å². The maximum atomic E-state index is 12.8. The van der Waals surface area contributed by atoms with Crippen LogP contribution in [0.3, 0.4) is 0 Å². The van der Waals surface area contributed by atoms with Crippen molar-refractivity contribution in [2.45, 2.75) is 36.2 Å². The Morgan fingerprint density at radius 2 is 1.83 bits per heavy atom. The Bertz CT molecular complexity index is 758. The van der Waals surface area contributed by atoms with E-state index in [0.29, 0.717) is 5.56 Å². The van der Waals surface area contributed by atoms with E-state index in [9.17, 15) is 21.6 Å². The molecule has 2 fully saturated rings. The van der Waals surface area contributed by atoms with Crippen LogP contribution < -0.4 is 0 Å². The van der Waals surface area contributed by atoms with E-state index in [1.165, 1.54) is 7.11 Å². The average molecular weight is 442 g/mol. The van der Waals surface area contributed by atoms with Gasteiger partial charge < -0.3 is 23.7 Å². The van der Waals surface area contributed by atoms with Gasteiger partial charge in [-0.2, -0.15) is 21.6 Å². The van der Waals surface area contributed by atoms with Crippen LogP contribution in [-0.2, 0) is 38.0 Å². The Morgan fingerprint density at radius 3 is 2.48 bits per heavy atom. The molecule has 3 rings (SSSR count). The van der Waals surface area contributed by atoms with Crippen LogP contribution in [-0.4, -0.2) is 71.9 Å². The highest BCUT2D eigenvalue weighted by molar-refractivity contribution is 7.87. The average Bonchev–Trinajstić information content (AvgIpc) is 2.68. The normalized spacial score (nSPS) is 30.7. The Labute approximate surface area is 165 Å². The predicted molar refractivity (Wildman–Crippen MR) is 91.2 cm³/mol. The van der Waals surface area contributed by atoms with E-state index in [2.05, 4.69) is 4.18 Å². The van der Waals surface area contributed by atoms with Gasteiger partial charge in [-0.15, -0.1) is 0 Å². The second kappa shape index (κ2) is 9.25. The SMILES string of the molecule is COCCO[C@@H]1[C@@H]2OC(c3ccccc3)OC[C@H]2OC[C@@H]1OS(=O)(=O)C(F)(F)F. The Balaban J connectivity index is 1.80. The molecule has 0 amide bonds. The smallest absolute Gasteiger partial charge is 0.382 e. The summed E-state index contributed by atoms with van der Waals surface area (Å²) < 4.78 is 93.2. The Hall–Kier alpha value is -1.28. The van der Waals surface area contributed by atoms with Crippen LogP contribution in [0.25, 0.3) is 0 Å². The lowest BCUT2D eigenvalue weighted by molar-refractivity contribution is -0.317. The van der Waals surface area contributed by atoms with Gasteiger partial charge in [0.1, 0.15) is 24.4 Å². The van der Waals surface area contributed by atoms with Crippen molar-refractivity contribution in [3.63, 3.8) is 0 Å². The molecule has 2 heterocycles. The molecule has 5 atom stereocenters. The number of hydrogen-bond acceptors (Lipinski definition) is 8. The maximum absolute atomic E-state index is 12.8. The standard InChI is InChI=1S/C17H21F3O8S/c1-23-7-8-24-14-13(28-29(21,22)17(18,19)20)10-25-12-9-26-16(27-15(12)14)11-5-3-2-4-6-11/h2-6,12-16H,7-10H2,1H3/t12-,13+,14+,15-,16?/m1/s1. The molecule has 0 radical (unpaired) electrons. The number of rotatable bonds is 7. The van der Waals surface area contributed by atoms with Crippen LogP contribution in [0.15, 0.2) is 30.3 Å². The minimum Gasteiger partial charge on any atom is -0.382 e. The molecule has 2 aliphatic rings. The number of halogens is 3. The van der Waals surface area contributed by atoms with Crippen molar-refractivity contribution in [1.29, 1.82) is 0 Å². The summed E-state index contributed by atoms with van der Waals surface area (Å²) in [5.74, 6) is 0. The maximum Gasteiger partial charge on any atom is 0.523 e. The lowest BCUT2D eigenvalue weighted by Gasteiger charge is -2.45. The summed E-state index contributed by atoms with van der Waals surface area (Å²) in [6, 6.07) is 8.89. The third-order valence-electron chi connectivity index (χ3n) is 4.43. The van der Waals surface area contributed by atoms with Crippen molar-refractivity contribution in [1.82, 2.24) is 0 Å². The monoisotopic (exact) mass is 442 g/mol. The molecular formula is C17H21F3O8S. The molecule has 1 aromatic rings. The van der Waals surface area contributed by atoms with Gasteiger partial charge >= 0.3 is 15.6 Å². The van der Waals surface area contributed by atoms with Gasteiger partial charge in [0.15, 0.2) is 6.29 Å². The zero-order valence-corrected chi connectivity index (χ0v) is 16.2. The van der Waals surface area contributed by atoms with Gasteiger partial charge in [-0.05, 0) is 0 Å². The summed E-state index contributed by atoms with van der Waals surface area (Å²) in [5, 5.41) is 0. The molecule has 0 saturated carbocycles. The van der Waals surface area contributed by atoms with Gasteiger partial charge in [0.2, 0.25) is 0 Å². The summed E-state index contributed by atoms with van der Waals surface area (Å²) in [5.41, 5.74) is -4.88. The third-order valence-corrected chi connectivity index (χ3v) is 5.49. The summed E-state index contributed by atoms with van der Waals surface area (Å²) in [6.45, 7) is -0.202. The summed E-state index contributed by atoms with van der Waals surface area (Å²) in [7, 11) is -4.42. The first-order valence-electron chi connectivity index (χ1n) is 8.76. The number of ether oxygens (including phenoxy) is 5. The van der Waals surface area contributed by atoms with E-state index in [1.807, 2.05) is 0 Å². The highest BCUT2D eigenvalue weighted by atomic mass is 32.2. The van der Waals surface area contributed by atoms with Crippen molar-refractivity contribution < 1.29 is 49.5 Å². The fraction of sp³-hybridized carbons (Fsp3) is 0.647. The molecular weight excluding hydrogens is 421 g/mol. The van der Waals surface area contributed by atoms with Gasteiger partial charge in [-0.1, -0.05) is 30.3 Å². The molecule has 1 unspecified atom stereocenters. The fourth-order valence-electron chi connectivity index (χ4n) is 3.06. The first-order chi connectivity index (χ1) is 13.7. The van der Waals surface area contributed by atoms with Gasteiger partial charge in [0.25, 0.3) is 0 Å². The molecule has 0 spiro atoms. The molecule has 8 nitrogen and oxygen atoms in total. The highest BCUT2D eigenvalue weighted by Gasteiger charge is 2.53. The van der Waals surface area contributed by atoms with Crippen molar-refractivity contribution in [2.75, 3.05) is 33.5 Å². The second-order valence-electron chi connectivity index (χ2n) is 6.41. The third kappa shape index (κ3) is 5.26. The molecule has 1 aromatic carbocycles. The zero-order valence-electron chi connectivity index (χ0n) is 15.4. The Morgan fingerprint density at radius 1 is 1.10 bits per heavy atom. The highest BCUT2D eigenvalue weighted by Crippen LogP contribution is 2.36. The van der Waals surface area contributed by atoms with E-state index >= 15 is 0 Å². The number of benzene rings is 1. The molecule has 164 valence electrons. The van der Waals surface area contributed by atoms with Gasteiger partial charge in [-0.25, -0.2) is 0 Å². The van der Waals surface area contributed by atoms with Crippen LogP contribution in [0.2, 0.25) is 0 Å². The molecule has 29 heavy (non-hydrogen) atoms. The van der Waals surface area contributed by atoms with Crippen molar-refractivity contribution >= 4 is 10.1 Å². The quantitative estimate of drug-likeness (QED) is 0.359. The molecule has 2 saturated heterocycles. The number of hydrogen-bond donors (Lipinski definition) is 0. The van der Waals surface area contributed by atoms with Crippen molar-refractivity contribution in [3.8, 4) is 0 Å². The lowest BCUT2D eigenvalue weighted by Crippen LogP contribution is -2.60. The van der Waals surface area contributed by atoms with Gasteiger partial charge in [0, 0.05) is 12.7 Å². The van der Waals surface area contributed by atoms with Crippen LogP contribution in [0.1, 0.15) is 11.9 Å². The van der Waals surface area contributed by atoms with Crippen LogP contribution >= 0.6 is 0 Å². The predicted octanol–water partition coefficient (Wildman–Crippen LogP) is 1.77. The first-order valence-corrected chi connectivity index (χ1v) is 10.2. The Kier molecular flexibility index (Phi) is 7.14. The van der Waals surface area contributed by atoms with Crippen LogP contribution in [0.4, 0.5) is 13.2 Å². The van der Waals surface area contributed by atoms with E-state index in [0.717, 1.165) is 0 Å². The van der Waals surface area contributed by atoms with Crippen molar-refractivity contribution in [2.24, 2.45) is 0 Å². The molecule has 0 N–H and O–H groups in total. The minimum absolute atomic E-state index is 0.00344. The van der Waals surface area contributed by atoms with Crippen LogP contribution in [0, 0.1) is 0 Å². The number of alkyl halides is 3. The lowest BCUT2D eigenvalue weighted by atomic mass is 9.98. The molecule has 0 aromatic heterocycles. The van der Waals surface area contributed by atoms with E-state index < -0.39 is 52.9 Å². The largest absolute Gasteiger partial charge is 0.523 e.